The number of esters is 1. The number of ether oxygens (including phenoxy) is 1. The van der Waals surface area contributed by atoms with Gasteiger partial charge in [0.2, 0.25) is 0 Å². The molecule has 5 rings (SSSR count). The van der Waals surface area contributed by atoms with E-state index in [-0.39, 0.29) is 5.56 Å². The summed E-state index contributed by atoms with van der Waals surface area (Å²) < 4.78 is 9.58. The number of aromatic nitrogens is 2. The monoisotopic (exact) mass is 525 g/mol. The molecule has 0 radical (unpaired) electrons. The third kappa shape index (κ3) is 4.37. The first-order chi connectivity index (χ1) is 18.2. The third-order valence-electron chi connectivity index (χ3n) is 6.99. The van der Waals surface area contributed by atoms with Crippen LogP contribution in [0.25, 0.3) is 11.8 Å². The van der Waals surface area contributed by atoms with Crippen molar-refractivity contribution >= 4 is 23.4 Å². The van der Waals surface area contributed by atoms with Crippen molar-refractivity contribution in [2.45, 2.75) is 47.1 Å². The average molecular weight is 526 g/mol. The van der Waals surface area contributed by atoms with Crippen LogP contribution >= 0.6 is 11.3 Å². The number of benzene rings is 2. The number of methoxy groups -OCH3 is 1. The van der Waals surface area contributed by atoms with Crippen molar-refractivity contribution in [2.75, 3.05) is 7.11 Å². The van der Waals surface area contributed by atoms with Crippen molar-refractivity contribution in [2.24, 2.45) is 4.99 Å². The van der Waals surface area contributed by atoms with Crippen molar-refractivity contribution in [1.29, 1.82) is 0 Å². The highest BCUT2D eigenvalue weighted by Gasteiger charge is 2.33. The van der Waals surface area contributed by atoms with Gasteiger partial charge in [-0.3, -0.25) is 9.36 Å². The van der Waals surface area contributed by atoms with Gasteiger partial charge in [-0.1, -0.05) is 54.7 Å². The van der Waals surface area contributed by atoms with E-state index in [9.17, 15) is 9.59 Å². The van der Waals surface area contributed by atoms with Crippen molar-refractivity contribution < 1.29 is 9.53 Å². The van der Waals surface area contributed by atoms with Gasteiger partial charge in [0, 0.05) is 17.1 Å². The maximum atomic E-state index is 13.9. The minimum atomic E-state index is -0.597. The van der Waals surface area contributed by atoms with Crippen LogP contribution < -0.4 is 14.9 Å². The maximum absolute atomic E-state index is 13.9. The van der Waals surface area contributed by atoms with Crippen LogP contribution in [0.3, 0.4) is 0 Å². The van der Waals surface area contributed by atoms with Crippen LogP contribution in [-0.2, 0) is 9.53 Å². The predicted molar refractivity (Wildman–Crippen MR) is 152 cm³/mol. The zero-order valence-electron chi connectivity index (χ0n) is 22.5. The zero-order chi connectivity index (χ0) is 27.1. The molecule has 2 aromatic heterocycles. The van der Waals surface area contributed by atoms with E-state index in [1.807, 2.05) is 43.3 Å². The molecule has 0 spiro atoms. The number of carbonyl (C=O) groups excluding carboxylic acids is 1. The molecule has 2 aromatic carbocycles. The van der Waals surface area contributed by atoms with Crippen molar-refractivity contribution in [3.05, 3.63) is 119 Å². The van der Waals surface area contributed by atoms with Gasteiger partial charge in [0.05, 0.1) is 29.0 Å². The van der Waals surface area contributed by atoms with Gasteiger partial charge in [-0.05, 0) is 80.6 Å². The Morgan fingerprint density at radius 1 is 1.05 bits per heavy atom. The number of hydrogen-bond acceptors (Lipinski definition) is 5. The summed E-state index contributed by atoms with van der Waals surface area (Å²) in [6.07, 6.45) is 2.50. The van der Waals surface area contributed by atoms with Gasteiger partial charge < -0.3 is 9.30 Å². The molecule has 7 heteroatoms. The standard InChI is InChI=1S/C31H31N3O3S/c1-7-25-27(30(36)37-6)28(22-11-9-8-10-12-22)34-29(35)26(38-31(34)32-25)17-23-16-20(4)33(21(23)5)24-14-18(2)13-19(3)15-24/h8-17,28H,7H2,1-6H3/b26-17-/t28-/m1/s1. The summed E-state index contributed by atoms with van der Waals surface area (Å²) in [5.41, 5.74) is 8.37. The van der Waals surface area contributed by atoms with Crippen LogP contribution in [-0.4, -0.2) is 22.2 Å². The quantitative estimate of drug-likeness (QED) is 0.351. The molecule has 0 bridgehead atoms. The Morgan fingerprint density at radius 2 is 1.74 bits per heavy atom. The lowest BCUT2D eigenvalue weighted by Gasteiger charge is -2.25. The van der Waals surface area contributed by atoms with E-state index in [1.54, 1.807) is 4.57 Å². The fourth-order valence-corrected chi connectivity index (χ4v) is 6.38. The van der Waals surface area contributed by atoms with Crippen molar-refractivity contribution in [3.8, 4) is 5.69 Å². The van der Waals surface area contributed by atoms with E-state index in [0.29, 0.717) is 27.0 Å². The van der Waals surface area contributed by atoms with Gasteiger partial charge in [0.25, 0.3) is 5.56 Å². The van der Waals surface area contributed by atoms with E-state index in [0.717, 1.165) is 28.2 Å². The lowest BCUT2D eigenvalue weighted by Crippen LogP contribution is -2.40. The molecule has 1 aliphatic rings. The van der Waals surface area contributed by atoms with Crippen LogP contribution in [0.2, 0.25) is 0 Å². The number of hydrogen-bond donors (Lipinski definition) is 0. The second-order valence-corrected chi connectivity index (χ2v) is 10.7. The Kier molecular flexibility index (Phi) is 6.80. The molecule has 1 aliphatic heterocycles. The minimum Gasteiger partial charge on any atom is -0.466 e. The SMILES string of the molecule is CCC1=C(C(=O)OC)[C@@H](c2ccccc2)n2c(s/c(=C\c3cc(C)n(-c4cc(C)cc(C)c4)c3C)c2=O)=N1. The van der Waals surface area contributed by atoms with E-state index in [2.05, 4.69) is 56.5 Å². The lowest BCUT2D eigenvalue weighted by molar-refractivity contribution is -0.136. The molecule has 194 valence electrons. The van der Waals surface area contributed by atoms with Crippen molar-refractivity contribution in [3.63, 3.8) is 0 Å². The topological polar surface area (TPSA) is 65.6 Å². The number of aryl methyl sites for hydroxylation is 3. The van der Waals surface area contributed by atoms with Gasteiger partial charge in [-0.15, -0.1) is 0 Å². The molecule has 0 aliphatic carbocycles. The highest BCUT2D eigenvalue weighted by molar-refractivity contribution is 7.07. The summed E-state index contributed by atoms with van der Waals surface area (Å²) in [5, 5.41) is 0. The highest BCUT2D eigenvalue weighted by atomic mass is 32.1. The molecule has 0 unspecified atom stereocenters. The van der Waals surface area contributed by atoms with Crippen LogP contribution in [0.1, 0.15) is 53.0 Å². The molecule has 0 saturated carbocycles. The summed E-state index contributed by atoms with van der Waals surface area (Å²) in [6, 6.07) is 17.6. The number of rotatable bonds is 5. The van der Waals surface area contributed by atoms with Crippen LogP contribution in [0, 0.1) is 27.7 Å². The van der Waals surface area contributed by atoms with E-state index in [4.69, 9.17) is 9.73 Å². The Morgan fingerprint density at radius 3 is 2.37 bits per heavy atom. The van der Waals surface area contributed by atoms with Gasteiger partial charge >= 0.3 is 5.97 Å². The first-order valence-electron chi connectivity index (χ1n) is 12.7. The predicted octanol–water partition coefficient (Wildman–Crippen LogP) is 4.82. The molecular weight excluding hydrogens is 494 g/mol. The molecule has 0 amide bonds. The third-order valence-corrected chi connectivity index (χ3v) is 7.97. The Balaban J connectivity index is 1.72. The largest absolute Gasteiger partial charge is 0.466 e. The van der Waals surface area contributed by atoms with Gasteiger partial charge in [-0.25, -0.2) is 9.79 Å². The average Bonchev–Trinajstić information content (AvgIpc) is 3.36. The summed E-state index contributed by atoms with van der Waals surface area (Å²) in [4.78, 5) is 32.2. The molecule has 4 aromatic rings. The van der Waals surface area contributed by atoms with Gasteiger partial charge in [0.15, 0.2) is 4.80 Å². The number of fused-ring (bicyclic) bond motifs is 1. The van der Waals surface area contributed by atoms with Crippen LogP contribution in [0.5, 0.6) is 0 Å². The number of thiazole rings is 1. The lowest BCUT2D eigenvalue weighted by atomic mass is 9.95. The molecule has 0 fully saturated rings. The smallest absolute Gasteiger partial charge is 0.338 e. The van der Waals surface area contributed by atoms with E-state index in [1.165, 1.54) is 29.6 Å². The van der Waals surface area contributed by atoms with Gasteiger partial charge in [-0.2, -0.15) is 0 Å². The normalized spacial score (nSPS) is 15.4. The molecule has 0 N–H and O–H groups in total. The number of carbonyl (C=O) groups is 1. The first-order valence-corrected chi connectivity index (χ1v) is 13.5. The maximum Gasteiger partial charge on any atom is 0.338 e. The van der Waals surface area contributed by atoms with Crippen LogP contribution in [0.4, 0.5) is 0 Å². The summed E-state index contributed by atoms with van der Waals surface area (Å²) >= 11 is 1.35. The molecule has 0 saturated heterocycles. The number of nitrogens with zero attached hydrogens (tertiary/aromatic N) is 3. The molecule has 1 atom stereocenters. The Bertz CT molecular complexity index is 1750. The number of allylic oxidation sites excluding steroid dienone is 1. The second-order valence-electron chi connectivity index (χ2n) is 9.71. The first kappa shape index (κ1) is 25.7. The van der Waals surface area contributed by atoms with Gasteiger partial charge in [0.1, 0.15) is 0 Å². The fourth-order valence-electron chi connectivity index (χ4n) is 5.37. The molecule has 3 heterocycles. The zero-order valence-corrected chi connectivity index (χ0v) is 23.3. The summed E-state index contributed by atoms with van der Waals surface area (Å²) in [5.74, 6) is -0.467. The molecule has 6 nitrogen and oxygen atoms in total. The van der Waals surface area contributed by atoms with E-state index < -0.39 is 12.0 Å². The summed E-state index contributed by atoms with van der Waals surface area (Å²) in [6.45, 7) is 10.3. The minimum absolute atomic E-state index is 0.171. The van der Waals surface area contributed by atoms with E-state index >= 15 is 0 Å². The second kappa shape index (κ2) is 10.1. The highest BCUT2D eigenvalue weighted by Crippen LogP contribution is 2.31. The molecular formula is C31H31N3O3S. The Labute approximate surface area is 225 Å². The Hall–Kier alpha value is -3.97. The fraction of sp³-hybridized carbons (Fsp3) is 0.258. The van der Waals surface area contributed by atoms with Crippen molar-refractivity contribution in [1.82, 2.24) is 9.13 Å². The molecule has 38 heavy (non-hydrogen) atoms. The van der Waals surface area contributed by atoms with Crippen LogP contribution in [0.15, 0.2) is 75.7 Å². The summed E-state index contributed by atoms with van der Waals surface area (Å²) in [7, 11) is 1.36.